The number of anilines is 2. The summed E-state index contributed by atoms with van der Waals surface area (Å²) in [5.41, 5.74) is 7.60. The molecular weight excluding hydrogens is 290 g/mol. The van der Waals surface area contributed by atoms with Gasteiger partial charge in [-0.3, -0.25) is 0 Å². The summed E-state index contributed by atoms with van der Waals surface area (Å²) in [5, 5.41) is 10.8. The van der Waals surface area contributed by atoms with Crippen LogP contribution in [0.1, 0.15) is 12.6 Å². The number of hydrogen-bond donors (Lipinski definition) is 3. The second-order valence-corrected chi connectivity index (χ2v) is 6.09. The largest absolute Gasteiger partial charge is 0.397 e. The van der Waals surface area contributed by atoms with Gasteiger partial charge < -0.3 is 11.1 Å². The van der Waals surface area contributed by atoms with Crippen LogP contribution < -0.4 is 15.8 Å². The number of nitrogens with one attached hydrogen (secondary N) is 2. The van der Waals surface area contributed by atoms with Gasteiger partial charge in [0, 0.05) is 12.7 Å². The maximum atomic E-state index is 12.0. The van der Waals surface area contributed by atoms with Crippen LogP contribution in [-0.2, 0) is 16.6 Å². The van der Waals surface area contributed by atoms with E-state index < -0.39 is 10.0 Å². The standard InChI is InChI=1S/C13H17N5O2S/c1-2-17-21(19,20)11-5-6-12(14)13(8-11)15-9-10-4-3-7-16-18-10/h3-8,15,17H,2,9,14H2,1H3. The molecular formula is C13H17N5O2S. The average molecular weight is 307 g/mol. The van der Waals surface area contributed by atoms with Crippen molar-refractivity contribution >= 4 is 21.4 Å². The summed E-state index contributed by atoms with van der Waals surface area (Å²) in [6.45, 7) is 2.46. The van der Waals surface area contributed by atoms with Crippen LogP contribution in [0.4, 0.5) is 11.4 Å². The van der Waals surface area contributed by atoms with Crippen molar-refractivity contribution in [2.24, 2.45) is 0 Å². The predicted molar refractivity (Wildman–Crippen MR) is 81.1 cm³/mol. The van der Waals surface area contributed by atoms with E-state index in [4.69, 9.17) is 5.73 Å². The van der Waals surface area contributed by atoms with Gasteiger partial charge >= 0.3 is 0 Å². The number of hydrogen-bond acceptors (Lipinski definition) is 6. The molecule has 0 aliphatic carbocycles. The van der Waals surface area contributed by atoms with E-state index in [0.717, 1.165) is 5.69 Å². The third-order valence-electron chi connectivity index (χ3n) is 2.76. The molecule has 7 nitrogen and oxygen atoms in total. The lowest BCUT2D eigenvalue weighted by Gasteiger charge is -2.11. The van der Waals surface area contributed by atoms with Crippen LogP contribution in [0.15, 0.2) is 41.4 Å². The maximum absolute atomic E-state index is 12.0. The fourth-order valence-electron chi connectivity index (χ4n) is 1.74. The maximum Gasteiger partial charge on any atom is 0.240 e. The lowest BCUT2D eigenvalue weighted by atomic mass is 10.2. The summed E-state index contributed by atoms with van der Waals surface area (Å²) in [6, 6.07) is 8.13. The molecule has 21 heavy (non-hydrogen) atoms. The van der Waals surface area contributed by atoms with Gasteiger partial charge in [-0.1, -0.05) is 6.92 Å². The van der Waals surface area contributed by atoms with Crippen molar-refractivity contribution in [1.29, 1.82) is 0 Å². The molecule has 2 aromatic rings. The first kappa shape index (κ1) is 15.2. The van der Waals surface area contributed by atoms with E-state index in [9.17, 15) is 8.42 Å². The molecule has 4 N–H and O–H groups in total. The fourth-order valence-corrected chi connectivity index (χ4v) is 2.81. The van der Waals surface area contributed by atoms with E-state index in [2.05, 4.69) is 20.2 Å². The molecule has 0 atom stereocenters. The fraction of sp³-hybridized carbons (Fsp3) is 0.231. The molecule has 0 saturated carbocycles. The van der Waals surface area contributed by atoms with Crippen LogP contribution in [0.3, 0.4) is 0 Å². The third kappa shape index (κ3) is 3.89. The summed E-state index contributed by atoms with van der Waals surface area (Å²) in [6.07, 6.45) is 1.58. The number of nitrogens with two attached hydrogens (primary N) is 1. The minimum Gasteiger partial charge on any atom is -0.397 e. The number of sulfonamides is 1. The van der Waals surface area contributed by atoms with Gasteiger partial charge in [0.1, 0.15) is 0 Å². The first-order valence-corrected chi connectivity index (χ1v) is 7.91. The van der Waals surface area contributed by atoms with E-state index >= 15 is 0 Å². The summed E-state index contributed by atoms with van der Waals surface area (Å²) in [7, 11) is -3.51. The molecule has 1 aromatic carbocycles. The predicted octanol–water partition coefficient (Wildman–Crippen LogP) is 0.969. The zero-order chi connectivity index (χ0) is 15.3. The molecule has 1 aromatic heterocycles. The van der Waals surface area contributed by atoms with Gasteiger partial charge in [0.2, 0.25) is 10.0 Å². The van der Waals surface area contributed by atoms with E-state index in [1.807, 2.05) is 6.07 Å². The quantitative estimate of drug-likeness (QED) is 0.686. The van der Waals surface area contributed by atoms with Gasteiger partial charge in [0.15, 0.2) is 0 Å². The molecule has 0 aliphatic heterocycles. The highest BCUT2D eigenvalue weighted by atomic mass is 32.2. The lowest BCUT2D eigenvalue weighted by molar-refractivity contribution is 0.584. The Morgan fingerprint density at radius 2 is 2.10 bits per heavy atom. The Morgan fingerprint density at radius 1 is 1.29 bits per heavy atom. The first-order valence-electron chi connectivity index (χ1n) is 6.42. The molecule has 2 rings (SSSR count). The van der Waals surface area contributed by atoms with Gasteiger partial charge in [-0.05, 0) is 30.3 Å². The number of rotatable bonds is 6. The second kappa shape index (κ2) is 6.51. The van der Waals surface area contributed by atoms with Crippen molar-refractivity contribution in [3.05, 3.63) is 42.2 Å². The van der Waals surface area contributed by atoms with Crippen molar-refractivity contribution in [2.75, 3.05) is 17.6 Å². The van der Waals surface area contributed by atoms with E-state index in [1.165, 1.54) is 12.1 Å². The van der Waals surface area contributed by atoms with Crippen LogP contribution >= 0.6 is 0 Å². The Bertz CT molecular complexity index is 704. The molecule has 1 heterocycles. The summed E-state index contributed by atoms with van der Waals surface area (Å²) >= 11 is 0. The first-order chi connectivity index (χ1) is 10.0. The van der Waals surface area contributed by atoms with Crippen molar-refractivity contribution in [3.8, 4) is 0 Å². The SMILES string of the molecule is CCNS(=O)(=O)c1ccc(N)c(NCc2cccnn2)c1. The minimum absolute atomic E-state index is 0.167. The van der Waals surface area contributed by atoms with Gasteiger partial charge in [-0.15, -0.1) is 0 Å². The smallest absolute Gasteiger partial charge is 0.240 e. The monoisotopic (exact) mass is 307 g/mol. The molecule has 112 valence electrons. The summed E-state index contributed by atoms with van der Waals surface area (Å²) < 4.78 is 26.4. The van der Waals surface area contributed by atoms with Crippen LogP contribution in [0.25, 0.3) is 0 Å². The topological polar surface area (TPSA) is 110 Å². The Balaban J connectivity index is 2.20. The molecule has 0 bridgehead atoms. The highest BCUT2D eigenvalue weighted by Gasteiger charge is 2.14. The van der Waals surface area contributed by atoms with Crippen molar-refractivity contribution in [1.82, 2.24) is 14.9 Å². The summed E-state index contributed by atoms with van der Waals surface area (Å²) in [5.74, 6) is 0. The van der Waals surface area contributed by atoms with Crippen molar-refractivity contribution < 1.29 is 8.42 Å². The van der Waals surface area contributed by atoms with Gasteiger partial charge in [0.05, 0.1) is 28.5 Å². The molecule has 0 saturated heterocycles. The third-order valence-corrected chi connectivity index (χ3v) is 4.30. The molecule has 8 heteroatoms. The van der Waals surface area contributed by atoms with E-state index in [0.29, 0.717) is 24.5 Å². The Labute approximate surface area is 123 Å². The van der Waals surface area contributed by atoms with Gasteiger partial charge in [0.25, 0.3) is 0 Å². The molecule has 0 amide bonds. The van der Waals surface area contributed by atoms with Crippen molar-refractivity contribution in [3.63, 3.8) is 0 Å². The Morgan fingerprint density at radius 3 is 2.76 bits per heavy atom. The van der Waals surface area contributed by atoms with E-state index in [-0.39, 0.29) is 4.90 Å². The number of benzene rings is 1. The molecule has 0 spiro atoms. The number of nitrogens with zero attached hydrogens (tertiary/aromatic N) is 2. The molecule has 0 radical (unpaired) electrons. The second-order valence-electron chi connectivity index (χ2n) is 4.32. The highest BCUT2D eigenvalue weighted by molar-refractivity contribution is 7.89. The normalized spacial score (nSPS) is 11.3. The molecule has 0 fully saturated rings. The summed E-state index contributed by atoms with van der Waals surface area (Å²) in [4.78, 5) is 0.167. The van der Waals surface area contributed by atoms with Crippen LogP contribution in [-0.4, -0.2) is 25.2 Å². The van der Waals surface area contributed by atoms with E-state index in [1.54, 1.807) is 25.3 Å². The number of nitrogen functional groups attached to an aromatic ring is 1. The average Bonchev–Trinajstić information content (AvgIpc) is 2.47. The Hall–Kier alpha value is -2.19. The van der Waals surface area contributed by atoms with Gasteiger partial charge in [-0.2, -0.15) is 10.2 Å². The molecule has 0 unspecified atom stereocenters. The highest BCUT2D eigenvalue weighted by Crippen LogP contribution is 2.23. The van der Waals surface area contributed by atoms with Crippen LogP contribution in [0.5, 0.6) is 0 Å². The zero-order valence-electron chi connectivity index (χ0n) is 11.6. The van der Waals surface area contributed by atoms with Crippen molar-refractivity contribution in [2.45, 2.75) is 18.4 Å². The van der Waals surface area contributed by atoms with Crippen LogP contribution in [0.2, 0.25) is 0 Å². The lowest BCUT2D eigenvalue weighted by Crippen LogP contribution is -2.23. The van der Waals surface area contributed by atoms with Gasteiger partial charge in [-0.25, -0.2) is 13.1 Å². The Kier molecular flexibility index (Phi) is 4.71. The zero-order valence-corrected chi connectivity index (χ0v) is 12.4. The molecule has 0 aliphatic rings. The van der Waals surface area contributed by atoms with Crippen LogP contribution in [0, 0.1) is 0 Å². The number of aromatic nitrogens is 2. The minimum atomic E-state index is -3.51.